The highest BCUT2D eigenvalue weighted by Crippen LogP contribution is 2.18. The van der Waals surface area contributed by atoms with Crippen LogP contribution in [0, 0.1) is 5.92 Å². The van der Waals surface area contributed by atoms with Gasteiger partial charge in [0.2, 0.25) is 0 Å². The van der Waals surface area contributed by atoms with Crippen LogP contribution in [0.2, 0.25) is 5.02 Å². The number of nitrogens with one attached hydrogen (secondary N) is 1. The predicted molar refractivity (Wildman–Crippen MR) is 73.4 cm³/mol. The van der Waals surface area contributed by atoms with Crippen LogP contribution in [-0.4, -0.2) is 31.6 Å². The van der Waals surface area contributed by atoms with Crippen LogP contribution >= 0.6 is 11.6 Å². The number of hydrogen-bond donors (Lipinski definition) is 1. The highest BCUT2D eigenvalue weighted by Gasteiger charge is 2.14. The molecule has 94 valence electrons. The highest BCUT2D eigenvalue weighted by molar-refractivity contribution is 6.31. The molecule has 1 fully saturated rings. The second kappa shape index (κ2) is 6.39. The Morgan fingerprint density at radius 3 is 2.94 bits per heavy atom. The van der Waals surface area contributed by atoms with Gasteiger partial charge in [-0.3, -0.25) is 0 Å². The van der Waals surface area contributed by atoms with Gasteiger partial charge in [-0.2, -0.15) is 0 Å². The average molecular weight is 253 g/mol. The molecular formula is C14H21ClN2. The minimum atomic E-state index is 0.865. The number of hydrogen-bond acceptors (Lipinski definition) is 2. The fourth-order valence-corrected chi connectivity index (χ4v) is 2.56. The van der Waals surface area contributed by atoms with E-state index in [9.17, 15) is 0 Å². The van der Waals surface area contributed by atoms with Gasteiger partial charge in [0, 0.05) is 11.6 Å². The van der Waals surface area contributed by atoms with Crippen LogP contribution in [0.25, 0.3) is 0 Å². The van der Waals surface area contributed by atoms with Crippen LogP contribution in [0.15, 0.2) is 24.3 Å². The topological polar surface area (TPSA) is 15.3 Å². The molecule has 1 aromatic rings. The Bertz CT molecular complexity index is 348. The van der Waals surface area contributed by atoms with E-state index in [0.717, 1.165) is 24.0 Å². The van der Waals surface area contributed by atoms with E-state index in [1.807, 2.05) is 12.1 Å². The fourth-order valence-electron chi connectivity index (χ4n) is 2.36. The molecule has 1 unspecified atom stereocenters. The molecule has 0 spiro atoms. The third-order valence-corrected chi connectivity index (χ3v) is 3.85. The smallest absolute Gasteiger partial charge is 0.0451 e. The van der Waals surface area contributed by atoms with Gasteiger partial charge in [0.1, 0.15) is 0 Å². The molecule has 1 saturated heterocycles. The van der Waals surface area contributed by atoms with E-state index in [0.29, 0.717) is 0 Å². The van der Waals surface area contributed by atoms with Gasteiger partial charge in [0.05, 0.1) is 0 Å². The van der Waals surface area contributed by atoms with Crippen molar-refractivity contribution >= 4 is 11.6 Å². The first-order valence-corrected chi connectivity index (χ1v) is 6.76. The summed E-state index contributed by atoms with van der Waals surface area (Å²) in [6.07, 6.45) is 2.62. The maximum atomic E-state index is 6.16. The first-order valence-electron chi connectivity index (χ1n) is 6.38. The summed E-state index contributed by atoms with van der Waals surface area (Å²) >= 11 is 6.16. The van der Waals surface area contributed by atoms with Gasteiger partial charge >= 0.3 is 0 Å². The monoisotopic (exact) mass is 252 g/mol. The summed E-state index contributed by atoms with van der Waals surface area (Å²) in [5, 5.41) is 4.29. The number of benzene rings is 1. The summed E-state index contributed by atoms with van der Waals surface area (Å²) in [5.41, 5.74) is 1.22. The standard InChI is InChI=1S/C14H21ClN2/c1-17(9-7-12-6-8-16-10-12)11-13-4-2-3-5-14(13)15/h2-5,12,16H,6-11H2,1H3. The molecule has 3 heteroatoms. The molecule has 1 heterocycles. The fraction of sp³-hybridized carbons (Fsp3) is 0.571. The molecule has 0 saturated carbocycles. The van der Waals surface area contributed by atoms with Gasteiger partial charge in [0.15, 0.2) is 0 Å². The van der Waals surface area contributed by atoms with Gasteiger partial charge in [-0.1, -0.05) is 29.8 Å². The minimum absolute atomic E-state index is 0.865. The summed E-state index contributed by atoms with van der Waals surface area (Å²) in [4.78, 5) is 2.36. The molecule has 1 N–H and O–H groups in total. The van der Waals surface area contributed by atoms with Crippen LogP contribution in [-0.2, 0) is 6.54 Å². The van der Waals surface area contributed by atoms with E-state index in [-0.39, 0.29) is 0 Å². The first kappa shape index (κ1) is 12.9. The number of rotatable bonds is 5. The molecule has 0 aliphatic carbocycles. The van der Waals surface area contributed by atoms with Crippen molar-refractivity contribution in [2.24, 2.45) is 5.92 Å². The van der Waals surface area contributed by atoms with E-state index in [4.69, 9.17) is 11.6 Å². The molecule has 0 bridgehead atoms. The summed E-state index contributed by atoms with van der Waals surface area (Å²) in [7, 11) is 2.17. The van der Waals surface area contributed by atoms with Crippen LogP contribution in [0.3, 0.4) is 0 Å². The van der Waals surface area contributed by atoms with Gasteiger partial charge in [-0.05, 0) is 57.1 Å². The van der Waals surface area contributed by atoms with Crippen molar-refractivity contribution in [3.05, 3.63) is 34.9 Å². The SMILES string of the molecule is CN(CCC1CCNC1)Cc1ccccc1Cl. The number of halogens is 1. The molecule has 0 radical (unpaired) electrons. The third kappa shape index (κ3) is 3.98. The van der Waals surface area contributed by atoms with Gasteiger partial charge in [-0.25, -0.2) is 0 Å². The quantitative estimate of drug-likeness (QED) is 0.867. The molecular weight excluding hydrogens is 232 g/mol. The van der Waals surface area contributed by atoms with Crippen LogP contribution in [0.4, 0.5) is 0 Å². The lowest BCUT2D eigenvalue weighted by Gasteiger charge is -2.19. The number of nitrogens with zero attached hydrogens (tertiary/aromatic N) is 1. The third-order valence-electron chi connectivity index (χ3n) is 3.48. The van der Waals surface area contributed by atoms with Crippen LogP contribution in [0.1, 0.15) is 18.4 Å². The van der Waals surface area contributed by atoms with Gasteiger partial charge in [-0.15, -0.1) is 0 Å². The zero-order valence-electron chi connectivity index (χ0n) is 10.5. The lowest BCUT2D eigenvalue weighted by molar-refractivity contribution is 0.298. The Kier molecular flexibility index (Phi) is 4.84. The second-order valence-corrected chi connectivity index (χ2v) is 5.38. The van der Waals surface area contributed by atoms with Crippen molar-refractivity contribution < 1.29 is 0 Å². The lowest BCUT2D eigenvalue weighted by Crippen LogP contribution is -2.22. The second-order valence-electron chi connectivity index (χ2n) is 4.98. The Labute approximate surface area is 109 Å². The molecule has 0 aromatic heterocycles. The van der Waals surface area contributed by atoms with Crippen molar-refractivity contribution in [3.63, 3.8) is 0 Å². The largest absolute Gasteiger partial charge is 0.316 e. The van der Waals surface area contributed by atoms with Crippen molar-refractivity contribution in [2.75, 3.05) is 26.7 Å². The molecule has 0 amide bonds. The van der Waals surface area contributed by atoms with E-state index in [1.165, 1.54) is 31.5 Å². The highest BCUT2D eigenvalue weighted by atomic mass is 35.5. The summed E-state index contributed by atoms with van der Waals surface area (Å²) in [6, 6.07) is 8.10. The molecule has 17 heavy (non-hydrogen) atoms. The molecule has 1 aliphatic rings. The molecule has 2 nitrogen and oxygen atoms in total. The Balaban J connectivity index is 1.76. The summed E-state index contributed by atoms with van der Waals surface area (Å²) in [5.74, 6) is 0.865. The van der Waals surface area contributed by atoms with Crippen molar-refractivity contribution in [1.82, 2.24) is 10.2 Å². The minimum Gasteiger partial charge on any atom is -0.316 e. The molecule has 1 aliphatic heterocycles. The van der Waals surface area contributed by atoms with Crippen molar-refractivity contribution in [2.45, 2.75) is 19.4 Å². The maximum absolute atomic E-state index is 6.16. The van der Waals surface area contributed by atoms with Crippen molar-refractivity contribution in [3.8, 4) is 0 Å². The Morgan fingerprint density at radius 1 is 1.41 bits per heavy atom. The van der Waals surface area contributed by atoms with E-state index in [2.05, 4.69) is 29.4 Å². The average Bonchev–Trinajstić information content (AvgIpc) is 2.82. The molecule has 2 rings (SSSR count). The zero-order valence-corrected chi connectivity index (χ0v) is 11.2. The Morgan fingerprint density at radius 2 is 2.24 bits per heavy atom. The predicted octanol–water partition coefficient (Wildman–Crippen LogP) is 2.77. The van der Waals surface area contributed by atoms with Gasteiger partial charge in [0.25, 0.3) is 0 Å². The van der Waals surface area contributed by atoms with E-state index in [1.54, 1.807) is 0 Å². The maximum Gasteiger partial charge on any atom is 0.0451 e. The van der Waals surface area contributed by atoms with E-state index >= 15 is 0 Å². The van der Waals surface area contributed by atoms with E-state index < -0.39 is 0 Å². The summed E-state index contributed by atoms with van der Waals surface area (Å²) < 4.78 is 0. The van der Waals surface area contributed by atoms with Crippen LogP contribution in [0.5, 0.6) is 0 Å². The van der Waals surface area contributed by atoms with Gasteiger partial charge < -0.3 is 10.2 Å². The zero-order chi connectivity index (χ0) is 12.1. The molecule has 1 aromatic carbocycles. The van der Waals surface area contributed by atoms with Crippen molar-refractivity contribution in [1.29, 1.82) is 0 Å². The lowest BCUT2D eigenvalue weighted by atomic mass is 10.0. The normalized spacial score (nSPS) is 20.1. The van der Waals surface area contributed by atoms with Crippen LogP contribution < -0.4 is 5.32 Å². The summed E-state index contributed by atoms with van der Waals surface area (Å²) in [6.45, 7) is 4.48. The first-order chi connectivity index (χ1) is 8.25. The Hall–Kier alpha value is -0.570. The molecule has 1 atom stereocenters.